The maximum Gasteiger partial charge on any atom is 0.271 e. The summed E-state index contributed by atoms with van der Waals surface area (Å²) in [4.78, 5) is 20.7. The van der Waals surface area contributed by atoms with Crippen molar-refractivity contribution in [3.63, 3.8) is 0 Å². The van der Waals surface area contributed by atoms with Crippen LogP contribution in [0.3, 0.4) is 0 Å². The van der Waals surface area contributed by atoms with E-state index in [1.165, 1.54) is 0 Å². The summed E-state index contributed by atoms with van der Waals surface area (Å²) in [5.41, 5.74) is 7.50. The van der Waals surface area contributed by atoms with Crippen molar-refractivity contribution in [1.29, 1.82) is 0 Å². The van der Waals surface area contributed by atoms with Gasteiger partial charge < -0.3 is 5.73 Å². The zero-order valence-electron chi connectivity index (χ0n) is 13.4. The van der Waals surface area contributed by atoms with Crippen LogP contribution in [0.15, 0.2) is 48.5 Å². The lowest BCUT2D eigenvalue weighted by atomic mass is 10.00. The first-order chi connectivity index (χ1) is 12.1. The van der Waals surface area contributed by atoms with Gasteiger partial charge in [-0.15, -0.1) is 0 Å². The largest absolute Gasteiger partial charge is 0.364 e. The predicted molar refractivity (Wildman–Crippen MR) is 96.6 cm³/mol. The number of hydrogen-bond acceptors (Lipinski definition) is 4. The minimum atomic E-state index is -0.607. The number of carbonyl (C=O) groups excluding carboxylic acids is 1. The molecule has 5 rings (SSSR count). The van der Waals surface area contributed by atoms with E-state index in [9.17, 15) is 4.79 Å². The van der Waals surface area contributed by atoms with E-state index < -0.39 is 5.91 Å². The standard InChI is InChI=1S/C19H13N5O/c1-10-21-17(18(20)25)19-22-15-13-8-4-2-6-11(13)12-7-3-5-9-14(12)16(15)23-24(10)19/h2-9H,1H3,(H2,20,25). The summed E-state index contributed by atoms with van der Waals surface area (Å²) < 4.78 is 1.59. The van der Waals surface area contributed by atoms with Gasteiger partial charge in [0, 0.05) is 10.8 Å². The number of amides is 1. The van der Waals surface area contributed by atoms with Gasteiger partial charge in [-0.25, -0.2) is 9.97 Å². The molecule has 0 unspecified atom stereocenters. The van der Waals surface area contributed by atoms with E-state index in [0.717, 1.165) is 32.6 Å². The summed E-state index contributed by atoms with van der Waals surface area (Å²) in [5, 5.41) is 8.96. The molecule has 0 atom stereocenters. The third-order valence-corrected chi connectivity index (χ3v) is 4.52. The van der Waals surface area contributed by atoms with Gasteiger partial charge in [0.15, 0.2) is 11.3 Å². The number of imidazole rings is 1. The Kier molecular flexibility index (Phi) is 2.62. The second-order valence-corrected chi connectivity index (χ2v) is 6.01. The Balaban J connectivity index is 2.12. The number of aromatic nitrogens is 4. The van der Waals surface area contributed by atoms with Gasteiger partial charge in [0.25, 0.3) is 5.91 Å². The molecule has 0 aliphatic carbocycles. The lowest BCUT2D eigenvalue weighted by molar-refractivity contribution is 0.0997. The number of fused-ring (bicyclic) bond motifs is 7. The first-order valence-electron chi connectivity index (χ1n) is 7.91. The Bertz CT molecular complexity index is 1340. The lowest BCUT2D eigenvalue weighted by Gasteiger charge is -2.09. The van der Waals surface area contributed by atoms with E-state index in [-0.39, 0.29) is 5.69 Å². The zero-order chi connectivity index (χ0) is 17.1. The number of aryl methyl sites for hydroxylation is 1. The lowest BCUT2D eigenvalue weighted by Crippen LogP contribution is -2.12. The molecule has 6 heteroatoms. The number of benzene rings is 3. The molecule has 5 aromatic rings. The molecule has 0 fully saturated rings. The van der Waals surface area contributed by atoms with E-state index in [1.807, 2.05) is 36.4 Å². The highest BCUT2D eigenvalue weighted by atomic mass is 16.1. The Morgan fingerprint density at radius 2 is 1.44 bits per heavy atom. The second kappa shape index (κ2) is 4.73. The highest BCUT2D eigenvalue weighted by Crippen LogP contribution is 2.33. The SMILES string of the molecule is Cc1nc(C(N)=O)c2nc3c4ccccc4c4ccccc4c3nn12. The van der Waals surface area contributed by atoms with Gasteiger partial charge in [-0.1, -0.05) is 48.5 Å². The first-order valence-corrected chi connectivity index (χ1v) is 7.91. The molecule has 0 bridgehead atoms. The van der Waals surface area contributed by atoms with Crippen LogP contribution in [0.5, 0.6) is 0 Å². The fraction of sp³-hybridized carbons (Fsp3) is 0.0526. The predicted octanol–water partition coefficient (Wildman–Crippen LogP) is 2.99. The molecule has 6 nitrogen and oxygen atoms in total. The maximum atomic E-state index is 11.7. The number of nitrogens with two attached hydrogens (primary N) is 1. The van der Waals surface area contributed by atoms with Gasteiger partial charge in [0.2, 0.25) is 0 Å². The average molecular weight is 327 g/mol. The van der Waals surface area contributed by atoms with Gasteiger partial charge in [0.1, 0.15) is 16.9 Å². The van der Waals surface area contributed by atoms with Crippen LogP contribution < -0.4 is 5.73 Å². The van der Waals surface area contributed by atoms with Crippen LogP contribution in [0.4, 0.5) is 0 Å². The van der Waals surface area contributed by atoms with Crippen molar-refractivity contribution in [1.82, 2.24) is 19.6 Å². The Morgan fingerprint density at radius 1 is 0.880 bits per heavy atom. The number of hydrogen-bond donors (Lipinski definition) is 1. The molecule has 25 heavy (non-hydrogen) atoms. The molecule has 2 N–H and O–H groups in total. The molecular formula is C19H13N5O. The number of nitrogens with zero attached hydrogens (tertiary/aromatic N) is 4. The van der Waals surface area contributed by atoms with Crippen LogP contribution in [0.2, 0.25) is 0 Å². The van der Waals surface area contributed by atoms with E-state index in [1.54, 1.807) is 11.4 Å². The molecule has 0 spiro atoms. The van der Waals surface area contributed by atoms with Crippen molar-refractivity contribution in [3.05, 3.63) is 60.0 Å². The van der Waals surface area contributed by atoms with E-state index in [4.69, 9.17) is 15.8 Å². The number of carbonyl (C=O) groups is 1. The van der Waals surface area contributed by atoms with Gasteiger partial charge in [-0.3, -0.25) is 4.79 Å². The molecular weight excluding hydrogens is 314 g/mol. The van der Waals surface area contributed by atoms with Crippen molar-refractivity contribution in [2.45, 2.75) is 6.92 Å². The second-order valence-electron chi connectivity index (χ2n) is 6.01. The fourth-order valence-corrected chi connectivity index (χ4v) is 3.42. The molecule has 0 saturated heterocycles. The monoisotopic (exact) mass is 327 g/mol. The summed E-state index contributed by atoms with van der Waals surface area (Å²) in [6.45, 7) is 1.78. The van der Waals surface area contributed by atoms with Crippen molar-refractivity contribution < 1.29 is 4.79 Å². The number of primary amides is 1. The summed E-state index contributed by atoms with van der Waals surface area (Å²) in [6.07, 6.45) is 0. The Morgan fingerprint density at radius 3 is 2.04 bits per heavy atom. The van der Waals surface area contributed by atoms with Crippen molar-refractivity contribution >= 4 is 44.1 Å². The van der Waals surface area contributed by atoms with Crippen LogP contribution >= 0.6 is 0 Å². The molecule has 120 valence electrons. The van der Waals surface area contributed by atoms with E-state index >= 15 is 0 Å². The third-order valence-electron chi connectivity index (χ3n) is 4.52. The van der Waals surface area contributed by atoms with Gasteiger partial charge in [0.05, 0.1) is 0 Å². The first kappa shape index (κ1) is 13.9. The molecule has 2 aromatic heterocycles. The normalized spacial score (nSPS) is 11.7. The summed E-state index contributed by atoms with van der Waals surface area (Å²) in [5.74, 6) is -0.0280. The van der Waals surface area contributed by atoms with Crippen LogP contribution in [-0.2, 0) is 0 Å². The van der Waals surface area contributed by atoms with Gasteiger partial charge in [-0.05, 0) is 17.7 Å². The summed E-state index contributed by atoms with van der Waals surface area (Å²) in [7, 11) is 0. The van der Waals surface area contributed by atoms with Crippen molar-refractivity contribution in [2.75, 3.05) is 0 Å². The maximum absolute atomic E-state index is 11.7. The van der Waals surface area contributed by atoms with Crippen LogP contribution in [-0.4, -0.2) is 25.5 Å². The van der Waals surface area contributed by atoms with Crippen LogP contribution in [0.25, 0.3) is 38.2 Å². The minimum absolute atomic E-state index is 0.143. The van der Waals surface area contributed by atoms with Gasteiger partial charge >= 0.3 is 0 Å². The van der Waals surface area contributed by atoms with Crippen molar-refractivity contribution in [3.8, 4) is 0 Å². The highest BCUT2D eigenvalue weighted by Gasteiger charge is 2.18. The fourth-order valence-electron chi connectivity index (χ4n) is 3.42. The molecule has 3 aromatic carbocycles. The van der Waals surface area contributed by atoms with Crippen molar-refractivity contribution in [2.24, 2.45) is 5.73 Å². The molecule has 0 saturated carbocycles. The summed E-state index contributed by atoms with van der Waals surface area (Å²) in [6, 6.07) is 16.2. The summed E-state index contributed by atoms with van der Waals surface area (Å²) >= 11 is 0. The average Bonchev–Trinajstić information content (AvgIpc) is 2.97. The van der Waals surface area contributed by atoms with Crippen LogP contribution in [0.1, 0.15) is 16.3 Å². The molecule has 0 radical (unpaired) electrons. The quantitative estimate of drug-likeness (QED) is 0.480. The van der Waals surface area contributed by atoms with Gasteiger partial charge in [-0.2, -0.15) is 9.61 Å². The zero-order valence-corrected chi connectivity index (χ0v) is 13.4. The topological polar surface area (TPSA) is 86.2 Å². The smallest absolute Gasteiger partial charge is 0.271 e. The minimum Gasteiger partial charge on any atom is -0.364 e. The molecule has 2 heterocycles. The molecule has 0 aliphatic rings. The van der Waals surface area contributed by atoms with Crippen LogP contribution in [0, 0.1) is 6.92 Å². The van der Waals surface area contributed by atoms with E-state index in [0.29, 0.717) is 11.5 Å². The third kappa shape index (κ3) is 1.79. The molecule has 0 aliphatic heterocycles. The Labute approximate surface area is 141 Å². The van der Waals surface area contributed by atoms with E-state index in [2.05, 4.69) is 17.1 Å². The highest BCUT2D eigenvalue weighted by molar-refractivity contribution is 6.23. The Hall–Kier alpha value is -3.54. The molecule has 1 amide bonds. The number of rotatable bonds is 1.